The summed E-state index contributed by atoms with van der Waals surface area (Å²) in [5.74, 6) is 0.447. The first-order valence-electron chi connectivity index (χ1n) is 8.59. The first kappa shape index (κ1) is 18.5. The van der Waals surface area contributed by atoms with Crippen molar-refractivity contribution >= 4 is 17.8 Å². The van der Waals surface area contributed by atoms with E-state index in [9.17, 15) is 9.18 Å². The predicted molar refractivity (Wildman–Crippen MR) is 104 cm³/mol. The van der Waals surface area contributed by atoms with Gasteiger partial charge in [0.05, 0.1) is 5.69 Å². The Hall–Kier alpha value is -3.28. The Kier molecular flexibility index (Phi) is 5.16. The van der Waals surface area contributed by atoms with Crippen molar-refractivity contribution in [2.45, 2.75) is 26.2 Å². The molecule has 3 rings (SSSR count). The van der Waals surface area contributed by atoms with Gasteiger partial charge in [-0.05, 0) is 35.9 Å². The number of carbonyl (C=O) groups is 1. The van der Waals surface area contributed by atoms with Crippen LogP contribution in [0.25, 0.3) is 11.9 Å². The molecule has 6 heteroatoms. The van der Waals surface area contributed by atoms with Crippen molar-refractivity contribution in [1.29, 1.82) is 0 Å². The van der Waals surface area contributed by atoms with Crippen LogP contribution in [0.4, 0.5) is 10.2 Å². The molecule has 1 aromatic carbocycles. The Labute approximate surface area is 157 Å². The lowest BCUT2D eigenvalue weighted by atomic mass is 9.92. The number of carbonyl (C=O) groups excluding carboxylic acids is 1. The van der Waals surface area contributed by atoms with Crippen molar-refractivity contribution in [2.75, 3.05) is 5.32 Å². The van der Waals surface area contributed by atoms with Crippen LogP contribution >= 0.6 is 0 Å². The lowest BCUT2D eigenvalue weighted by molar-refractivity contribution is -0.111. The van der Waals surface area contributed by atoms with Crippen molar-refractivity contribution in [2.24, 2.45) is 0 Å². The van der Waals surface area contributed by atoms with Crippen molar-refractivity contribution in [3.63, 3.8) is 0 Å². The lowest BCUT2D eigenvalue weighted by Gasteiger charge is -2.13. The van der Waals surface area contributed by atoms with Gasteiger partial charge in [0.25, 0.3) is 0 Å². The molecule has 138 valence electrons. The highest BCUT2D eigenvalue weighted by Gasteiger charge is 2.21. The number of halogens is 1. The maximum atomic E-state index is 13.2. The molecule has 0 aliphatic carbocycles. The monoisotopic (exact) mass is 364 g/mol. The zero-order valence-electron chi connectivity index (χ0n) is 15.5. The predicted octanol–water partition coefficient (Wildman–Crippen LogP) is 4.36. The van der Waals surface area contributed by atoms with Gasteiger partial charge in [-0.3, -0.25) is 4.79 Å². The summed E-state index contributed by atoms with van der Waals surface area (Å²) in [4.78, 5) is 16.7. The molecule has 2 heterocycles. The van der Waals surface area contributed by atoms with Gasteiger partial charge in [-0.25, -0.2) is 9.37 Å². The fourth-order valence-electron chi connectivity index (χ4n) is 2.44. The first-order chi connectivity index (χ1) is 12.8. The van der Waals surface area contributed by atoms with E-state index in [1.807, 2.05) is 45.0 Å². The maximum Gasteiger partial charge on any atom is 0.249 e. The standard InChI is InChI=1S/C21H21FN4O/c1-21(2,3)17-14-19(26(25-17)18-9-4-5-12-23-18)24-20(27)11-10-15-7-6-8-16(22)13-15/h4-14H,1-3H3,(H,24,27)/b11-10+. The number of nitrogens with one attached hydrogen (secondary N) is 1. The van der Waals surface area contributed by atoms with Crippen molar-refractivity contribution in [3.05, 3.63) is 77.9 Å². The molecule has 0 saturated heterocycles. The van der Waals surface area contributed by atoms with Gasteiger partial charge in [0.2, 0.25) is 5.91 Å². The van der Waals surface area contributed by atoms with E-state index in [0.717, 1.165) is 5.69 Å². The summed E-state index contributed by atoms with van der Waals surface area (Å²) in [6.07, 6.45) is 4.59. The fraction of sp³-hybridized carbons (Fsp3) is 0.190. The van der Waals surface area contributed by atoms with Crippen LogP contribution in [0.1, 0.15) is 32.0 Å². The molecule has 1 amide bonds. The minimum atomic E-state index is -0.347. The van der Waals surface area contributed by atoms with E-state index in [2.05, 4.69) is 15.4 Å². The number of aromatic nitrogens is 3. The Morgan fingerprint density at radius 3 is 2.63 bits per heavy atom. The molecule has 0 aliphatic heterocycles. The number of hydrogen-bond acceptors (Lipinski definition) is 3. The van der Waals surface area contributed by atoms with Crippen LogP contribution in [-0.4, -0.2) is 20.7 Å². The molecule has 0 radical (unpaired) electrons. The second-order valence-electron chi connectivity index (χ2n) is 7.14. The molecule has 0 fully saturated rings. The summed E-state index contributed by atoms with van der Waals surface area (Å²) in [6.45, 7) is 6.15. The van der Waals surface area contributed by atoms with Crippen LogP contribution < -0.4 is 5.32 Å². The highest BCUT2D eigenvalue weighted by atomic mass is 19.1. The molecule has 3 aromatic rings. The summed E-state index contributed by atoms with van der Waals surface area (Å²) in [5.41, 5.74) is 1.26. The van der Waals surface area contributed by atoms with E-state index in [-0.39, 0.29) is 17.1 Å². The van der Waals surface area contributed by atoms with Crippen LogP contribution in [0.5, 0.6) is 0 Å². The molecule has 0 unspecified atom stereocenters. The summed E-state index contributed by atoms with van der Waals surface area (Å²) in [7, 11) is 0. The number of pyridine rings is 1. The molecule has 0 bridgehead atoms. The minimum absolute atomic E-state index is 0.184. The van der Waals surface area contributed by atoms with Crippen LogP contribution in [-0.2, 0) is 10.2 Å². The summed E-state index contributed by atoms with van der Waals surface area (Å²) in [5, 5.41) is 7.43. The second kappa shape index (κ2) is 7.53. The lowest BCUT2D eigenvalue weighted by Crippen LogP contribution is -2.13. The van der Waals surface area contributed by atoms with E-state index in [4.69, 9.17) is 0 Å². The zero-order valence-corrected chi connectivity index (χ0v) is 15.5. The Morgan fingerprint density at radius 1 is 1.15 bits per heavy atom. The summed E-state index contributed by atoms with van der Waals surface area (Å²) in [6, 6.07) is 13.4. The minimum Gasteiger partial charge on any atom is -0.307 e. The van der Waals surface area contributed by atoms with Gasteiger partial charge in [-0.1, -0.05) is 39.0 Å². The molecule has 1 N–H and O–H groups in total. The molecule has 0 spiro atoms. The highest BCUT2D eigenvalue weighted by molar-refractivity contribution is 6.01. The van der Waals surface area contributed by atoms with Gasteiger partial charge in [-0.15, -0.1) is 0 Å². The Bertz CT molecular complexity index is 971. The highest BCUT2D eigenvalue weighted by Crippen LogP contribution is 2.25. The van der Waals surface area contributed by atoms with Gasteiger partial charge in [0, 0.05) is 23.8 Å². The number of rotatable bonds is 4. The topological polar surface area (TPSA) is 59.8 Å². The summed E-state index contributed by atoms with van der Waals surface area (Å²) < 4.78 is 14.8. The average Bonchev–Trinajstić information content (AvgIpc) is 3.05. The molecule has 27 heavy (non-hydrogen) atoms. The Morgan fingerprint density at radius 2 is 1.96 bits per heavy atom. The van der Waals surface area contributed by atoms with Crippen molar-refractivity contribution < 1.29 is 9.18 Å². The number of benzene rings is 1. The zero-order chi connectivity index (χ0) is 19.4. The fourth-order valence-corrected chi connectivity index (χ4v) is 2.44. The third-order valence-corrected chi connectivity index (χ3v) is 3.87. The number of nitrogens with zero attached hydrogens (tertiary/aromatic N) is 3. The van der Waals surface area contributed by atoms with E-state index >= 15 is 0 Å². The Balaban J connectivity index is 1.87. The first-order valence-corrected chi connectivity index (χ1v) is 8.59. The molecule has 0 aliphatic rings. The molecule has 0 saturated carbocycles. The van der Waals surface area contributed by atoms with E-state index in [1.165, 1.54) is 18.2 Å². The second-order valence-corrected chi connectivity index (χ2v) is 7.14. The van der Waals surface area contributed by atoms with Gasteiger partial charge in [0.15, 0.2) is 5.82 Å². The van der Waals surface area contributed by atoms with Crippen LogP contribution in [0.3, 0.4) is 0 Å². The number of hydrogen-bond donors (Lipinski definition) is 1. The maximum absolute atomic E-state index is 13.2. The van der Waals surface area contributed by atoms with E-state index < -0.39 is 0 Å². The van der Waals surface area contributed by atoms with E-state index in [0.29, 0.717) is 17.2 Å². The van der Waals surface area contributed by atoms with Gasteiger partial charge in [0.1, 0.15) is 11.6 Å². The van der Waals surface area contributed by atoms with Crippen LogP contribution in [0.2, 0.25) is 0 Å². The number of amides is 1. The van der Waals surface area contributed by atoms with Gasteiger partial charge in [-0.2, -0.15) is 9.78 Å². The molecular weight excluding hydrogens is 343 g/mol. The van der Waals surface area contributed by atoms with Crippen molar-refractivity contribution in [3.8, 4) is 5.82 Å². The number of anilines is 1. The molecule has 2 aromatic heterocycles. The largest absolute Gasteiger partial charge is 0.307 e. The SMILES string of the molecule is CC(C)(C)c1cc(NC(=O)/C=C/c2cccc(F)c2)n(-c2ccccn2)n1. The van der Waals surface area contributed by atoms with Gasteiger partial charge >= 0.3 is 0 Å². The van der Waals surface area contributed by atoms with Crippen molar-refractivity contribution in [1.82, 2.24) is 14.8 Å². The molecule has 0 atom stereocenters. The molecular formula is C21H21FN4O. The third kappa shape index (κ3) is 4.67. The normalized spacial score (nSPS) is 11.7. The van der Waals surface area contributed by atoms with Crippen LogP contribution in [0, 0.1) is 5.82 Å². The summed E-state index contributed by atoms with van der Waals surface area (Å²) >= 11 is 0. The third-order valence-electron chi connectivity index (χ3n) is 3.87. The van der Waals surface area contributed by atoms with Gasteiger partial charge < -0.3 is 5.32 Å². The van der Waals surface area contributed by atoms with E-state index in [1.54, 1.807) is 29.1 Å². The smallest absolute Gasteiger partial charge is 0.249 e. The quantitative estimate of drug-likeness (QED) is 0.700. The van der Waals surface area contributed by atoms with Crippen LogP contribution in [0.15, 0.2) is 60.8 Å². The average molecular weight is 364 g/mol. The molecule has 5 nitrogen and oxygen atoms in total.